The van der Waals surface area contributed by atoms with Crippen molar-refractivity contribution in [3.05, 3.63) is 84.4 Å². The van der Waals surface area contributed by atoms with Crippen LogP contribution in [0.2, 0.25) is 0 Å². The summed E-state index contributed by atoms with van der Waals surface area (Å²) < 4.78 is 5.58. The van der Waals surface area contributed by atoms with E-state index in [4.69, 9.17) is 4.74 Å². The minimum atomic E-state index is -0.274. The fourth-order valence-electron chi connectivity index (χ4n) is 4.33. The van der Waals surface area contributed by atoms with Gasteiger partial charge in [0.15, 0.2) is 0 Å². The molecule has 0 saturated carbocycles. The number of ether oxygens (including phenoxy) is 1. The van der Waals surface area contributed by atoms with Gasteiger partial charge in [0.05, 0.1) is 6.61 Å². The maximum atomic E-state index is 12.8. The Hall–Kier alpha value is -2.63. The van der Waals surface area contributed by atoms with Crippen LogP contribution in [0.15, 0.2) is 73.3 Å². The highest BCUT2D eigenvalue weighted by molar-refractivity contribution is 5.68. The summed E-state index contributed by atoms with van der Waals surface area (Å²) in [5.41, 5.74) is 1.92. The predicted octanol–water partition coefficient (Wildman–Crippen LogP) is 4.62. The first-order valence-electron chi connectivity index (χ1n) is 11.5. The third-order valence-corrected chi connectivity index (χ3v) is 6.56. The van der Waals surface area contributed by atoms with E-state index in [9.17, 15) is 9.90 Å². The molecule has 5 heteroatoms. The second kappa shape index (κ2) is 11.8. The molecule has 1 fully saturated rings. The minimum Gasteiger partial charge on any atom is -0.445 e. The van der Waals surface area contributed by atoms with E-state index in [1.165, 1.54) is 5.56 Å². The molecule has 1 amide bonds. The Morgan fingerprint density at radius 3 is 2.38 bits per heavy atom. The Kier molecular flexibility index (Phi) is 8.89. The smallest absolute Gasteiger partial charge is 0.410 e. The summed E-state index contributed by atoms with van der Waals surface area (Å²) in [5, 5.41) is 10.1. The quantitative estimate of drug-likeness (QED) is 0.553. The van der Waals surface area contributed by atoms with Crippen LogP contribution < -0.4 is 0 Å². The summed E-state index contributed by atoms with van der Waals surface area (Å²) in [5.74, 6) is 0. The molecule has 172 valence electrons. The van der Waals surface area contributed by atoms with Gasteiger partial charge >= 0.3 is 6.09 Å². The summed E-state index contributed by atoms with van der Waals surface area (Å²) in [7, 11) is 0. The van der Waals surface area contributed by atoms with Gasteiger partial charge in [0, 0.05) is 31.1 Å². The monoisotopic (exact) mass is 436 g/mol. The number of hydrogen-bond acceptors (Lipinski definition) is 4. The van der Waals surface area contributed by atoms with Crippen molar-refractivity contribution < 1.29 is 14.6 Å². The molecule has 1 unspecified atom stereocenters. The SMILES string of the molecule is C=CCN(C(=O)OCc1ccccc1)C1CCN(CCC(C)(CO)c2ccccc2)CC1. The molecule has 1 N–H and O–H groups in total. The Morgan fingerprint density at radius 1 is 1.16 bits per heavy atom. The van der Waals surface area contributed by atoms with Crippen LogP contribution in [0.5, 0.6) is 0 Å². The topological polar surface area (TPSA) is 53.0 Å². The number of amides is 1. The zero-order valence-electron chi connectivity index (χ0n) is 19.2. The zero-order chi connectivity index (χ0) is 22.8. The predicted molar refractivity (Wildman–Crippen MR) is 128 cm³/mol. The molecule has 1 saturated heterocycles. The van der Waals surface area contributed by atoms with Gasteiger partial charge in [-0.05, 0) is 36.9 Å². The Bertz CT molecular complexity index is 834. The average Bonchev–Trinajstić information content (AvgIpc) is 2.86. The summed E-state index contributed by atoms with van der Waals surface area (Å²) in [6.07, 6.45) is 4.21. The normalized spacial score (nSPS) is 16.8. The highest BCUT2D eigenvalue weighted by Gasteiger charge is 2.30. The lowest BCUT2D eigenvalue weighted by molar-refractivity contribution is 0.0638. The molecule has 5 nitrogen and oxygen atoms in total. The Morgan fingerprint density at radius 2 is 1.78 bits per heavy atom. The van der Waals surface area contributed by atoms with Crippen molar-refractivity contribution in [2.75, 3.05) is 32.8 Å². The second-order valence-corrected chi connectivity index (χ2v) is 8.89. The fraction of sp³-hybridized carbons (Fsp3) is 0.444. The molecule has 1 aliphatic heterocycles. The van der Waals surface area contributed by atoms with Crippen molar-refractivity contribution >= 4 is 6.09 Å². The van der Waals surface area contributed by atoms with Gasteiger partial charge in [0.25, 0.3) is 0 Å². The number of nitrogens with zero attached hydrogens (tertiary/aromatic N) is 2. The molecule has 2 aromatic rings. The number of carbonyl (C=O) groups is 1. The molecule has 0 spiro atoms. The summed E-state index contributed by atoms with van der Waals surface area (Å²) >= 11 is 0. The van der Waals surface area contributed by atoms with E-state index in [1.807, 2.05) is 53.4 Å². The van der Waals surface area contributed by atoms with E-state index in [-0.39, 0.29) is 30.8 Å². The lowest BCUT2D eigenvalue weighted by atomic mass is 9.80. The van der Waals surface area contributed by atoms with Crippen LogP contribution in [-0.4, -0.2) is 59.8 Å². The highest BCUT2D eigenvalue weighted by atomic mass is 16.6. The molecular weight excluding hydrogens is 400 g/mol. The van der Waals surface area contributed by atoms with E-state index in [0.717, 1.165) is 44.5 Å². The molecule has 3 rings (SSSR count). The first kappa shape index (κ1) is 24.0. The molecule has 0 bridgehead atoms. The fourth-order valence-corrected chi connectivity index (χ4v) is 4.33. The average molecular weight is 437 g/mol. The van der Waals surface area contributed by atoms with Gasteiger partial charge in [-0.25, -0.2) is 4.79 Å². The van der Waals surface area contributed by atoms with Gasteiger partial charge in [-0.2, -0.15) is 0 Å². The number of piperidine rings is 1. The second-order valence-electron chi connectivity index (χ2n) is 8.89. The minimum absolute atomic E-state index is 0.133. The van der Waals surface area contributed by atoms with Crippen LogP contribution in [0.4, 0.5) is 4.79 Å². The Labute approximate surface area is 192 Å². The van der Waals surface area contributed by atoms with E-state index < -0.39 is 0 Å². The van der Waals surface area contributed by atoms with Gasteiger partial charge in [0.2, 0.25) is 0 Å². The molecule has 32 heavy (non-hydrogen) atoms. The lowest BCUT2D eigenvalue weighted by Crippen LogP contribution is -2.48. The standard InChI is InChI=1S/C27H36N2O3/c1-3-17-29(26(31)32-21-23-10-6-4-7-11-23)25-14-18-28(19-15-25)20-16-27(2,22-30)24-12-8-5-9-13-24/h3-13,25,30H,1,14-22H2,2H3. The van der Waals surface area contributed by atoms with Gasteiger partial charge in [-0.1, -0.05) is 73.7 Å². The summed E-state index contributed by atoms with van der Waals surface area (Å²) in [6.45, 7) is 9.65. The zero-order valence-corrected chi connectivity index (χ0v) is 19.2. The molecular formula is C27H36N2O3. The molecule has 1 heterocycles. The van der Waals surface area contributed by atoms with Gasteiger partial charge in [0.1, 0.15) is 6.61 Å². The molecule has 0 radical (unpaired) electrons. The highest BCUT2D eigenvalue weighted by Crippen LogP contribution is 2.28. The third-order valence-electron chi connectivity index (χ3n) is 6.56. The van der Waals surface area contributed by atoms with Crippen molar-refractivity contribution in [2.45, 2.75) is 44.2 Å². The number of likely N-dealkylation sites (tertiary alicyclic amines) is 1. The van der Waals surface area contributed by atoms with Crippen molar-refractivity contribution in [1.82, 2.24) is 9.80 Å². The lowest BCUT2D eigenvalue weighted by Gasteiger charge is -2.39. The molecule has 1 atom stereocenters. The van der Waals surface area contributed by atoms with Crippen molar-refractivity contribution in [1.29, 1.82) is 0 Å². The van der Waals surface area contributed by atoms with E-state index in [1.54, 1.807) is 6.08 Å². The largest absolute Gasteiger partial charge is 0.445 e. The van der Waals surface area contributed by atoms with Crippen molar-refractivity contribution in [2.24, 2.45) is 0 Å². The first-order chi connectivity index (χ1) is 15.6. The number of hydrogen-bond donors (Lipinski definition) is 1. The number of carbonyl (C=O) groups excluding carboxylic acids is 1. The Balaban J connectivity index is 1.50. The van der Waals surface area contributed by atoms with E-state index in [2.05, 4.69) is 30.5 Å². The van der Waals surface area contributed by atoms with Gasteiger partial charge in [-0.3, -0.25) is 0 Å². The maximum absolute atomic E-state index is 12.8. The number of rotatable bonds is 10. The van der Waals surface area contributed by atoms with E-state index in [0.29, 0.717) is 6.54 Å². The van der Waals surface area contributed by atoms with Gasteiger partial charge < -0.3 is 19.6 Å². The van der Waals surface area contributed by atoms with Gasteiger partial charge in [-0.15, -0.1) is 6.58 Å². The van der Waals surface area contributed by atoms with Crippen LogP contribution in [0.3, 0.4) is 0 Å². The van der Waals surface area contributed by atoms with E-state index >= 15 is 0 Å². The summed E-state index contributed by atoms with van der Waals surface area (Å²) in [6, 6.07) is 20.2. The molecule has 2 aromatic carbocycles. The number of aliphatic hydroxyl groups is 1. The third kappa shape index (κ3) is 6.44. The van der Waals surface area contributed by atoms with Crippen LogP contribution in [0, 0.1) is 0 Å². The number of benzene rings is 2. The van der Waals surface area contributed by atoms with Crippen molar-refractivity contribution in [3.63, 3.8) is 0 Å². The molecule has 0 aliphatic carbocycles. The first-order valence-corrected chi connectivity index (χ1v) is 11.5. The number of aliphatic hydroxyl groups excluding tert-OH is 1. The van der Waals surface area contributed by atoms with Crippen LogP contribution in [-0.2, 0) is 16.8 Å². The van der Waals surface area contributed by atoms with Crippen LogP contribution in [0.25, 0.3) is 0 Å². The summed E-state index contributed by atoms with van der Waals surface area (Å²) in [4.78, 5) is 17.0. The molecule has 1 aliphatic rings. The van der Waals surface area contributed by atoms with Crippen LogP contribution >= 0.6 is 0 Å². The van der Waals surface area contributed by atoms with Crippen LogP contribution in [0.1, 0.15) is 37.3 Å². The van der Waals surface area contributed by atoms with Crippen molar-refractivity contribution in [3.8, 4) is 0 Å². The molecule has 0 aromatic heterocycles. The maximum Gasteiger partial charge on any atom is 0.410 e.